The highest BCUT2D eigenvalue weighted by Gasteiger charge is 2.14. The molecule has 0 fully saturated rings. The Hall–Kier alpha value is -1.31. The number of nitrogens with one attached hydrogen (secondary N) is 1. The number of carbonyl (C=O) groups excluding carboxylic acids is 1. The molecule has 0 unspecified atom stereocenters. The number of aromatic nitrogens is 2. The van der Waals surface area contributed by atoms with Crippen molar-refractivity contribution in [1.82, 2.24) is 15.1 Å². The van der Waals surface area contributed by atoms with Gasteiger partial charge in [0.25, 0.3) is 0 Å². The Labute approximate surface area is 87.2 Å². The molecule has 1 aromatic heterocycles. The van der Waals surface area contributed by atoms with Gasteiger partial charge in [-0.2, -0.15) is 5.10 Å². The molecule has 0 bridgehead atoms. The van der Waals surface area contributed by atoms with Crippen molar-refractivity contribution < 1.29 is 4.79 Å². The fraction of sp³-hybridized carbons (Fsp3) is 0.333. The average molecular weight is 212 g/mol. The molecular weight excluding hydrogens is 202 g/mol. The lowest BCUT2D eigenvalue weighted by Crippen LogP contribution is -2.25. The molecule has 0 aromatic carbocycles. The van der Waals surface area contributed by atoms with Gasteiger partial charge in [-0.15, -0.1) is 6.42 Å². The van der Waals surface area contributed by atoms with Crippen LogP contribution in [0.1, 0.15) is 10.5 Å². The molecule has 0 aliphatic carbocycles. The van der Waals surface area contributed by atoms with E-state index in [9.17, 15) is 4.79 Å². The molecule has 0 saturated heterocycles. The van der Waals surface area contributed by atoms with Crippen LogP contribution in [0, 0.1) is 12.3 Å². The summed E-state index contributed by atoms with van der Waals surface area (Å²) in [6.45, 7) is 0.532. The molecule has 0 saturated carbocycles. The van der Waals surface area contributed by atoms with Crippen LogP contribution in [0.25, 0.3) is 0 Å². The van der Waals surface area contributed by atoms with Crippen LogP contribution in [-0.4, -0.2) is 28.7 Å². The first kappa shape index (κ1) is 10.8. The highest BCUT2D eigenvalue weighted by Crippen LogP contribution is 2.13. The lowest BCUT2D eigenvalue weighted by molar-refractivity contribution is 0.0983. The first-order valence-electron chi connectivity index (χ1n) is 4.01. The third kappa shape index (κ3) is 2.34. The normalized spacial score (nSPS) is 9.79. The highest BCUT2D eigenvalue weighted by atomic mass is 35.5. The van der Waals surface area contributed by atoms with Crippen LogP contribution in [-0.2, 0) is 7.05 Å². The van der Waals surface area contributed by atoms with Crippen molar-refractivity contribution in [3.8, 4) is 12.3 Å². The van der Waals surface area contributed by atoms with Gasteiger partial charge in [-0.05, 0) is 0 Å². The third-order valence-corrected chi connectivity index (χ3v) is 1.95. The average Bonchev–Trinajstić information content (AvgIpc) is 2.46. The minimum atomic E-state index is -0.120. The standard InChI is InChI=1S/C9H10ClN3O/c1-3-4-11-6-8(14)9-7(10)5-12-13(9)2/h1,5,11H,4,6H2,2H3. The maximum Gasteiger partial charge on any atom is 0.196 e. The molecule has 1 rings (SSSR count). The summed E-state index contributed by atoms with van der Waals surface area (Å²) >= 11 is 5.78. The van der Waals surface area contributed by atoms with Gasteiger partial charge < -0.3 is 0 Å². The molecule has 0 aliphatic heterocycles. The zero-order chi connectivity index (χ0) is 10.6. The van der Waals surface area contributed by atoms with Crippen molar-refractivity contribution in [3.63, 3.8) is 0 Å². The second kappa shape index (κ2) is 4.80. The number of rotatable bonds is 4. The Morgan fingerprint density at radius 3 is 3.07 bits per heavy atom. The molecule has 14 heavy (non-hydrogen) atoms. The molecule has 1 heterocycles. The fourth-order valence-electron chi connectivity index (χ4n) is 1.06. The smallest absolute Gasteiger partial charge is 0.196 e. The summed E-state index contributed by atoms with van der Waals surface area (Å²) < 4.78 is 1.45. The van der Waals surface area contributed by atoms with E-state index in [4.69, 9.17) is 18.0 Å². The number of Topliss-reactive ketones (excluding diaryl/α,β-unsaturated/α-hetero) is 1. The monoisotopic (exact) mass is 211 g/mol. The second-order valence-electron chi connectivity index (χ2n) is 2.70. The quantitative estimate of drug-likeness (QED) is 0.448. The van der Waals surface area contributed by atoms with Gasteiger partial charge in [-0.3, -0.25) is 14.8 Å². The second-order valence-corrected chi connectivity index (χ2v) is 3.10. The molecule has 0 amide bonds. The molecule has 1 aromatic rings. The maximum atomic E-state index is 11.5. The molecule has 1 N–H and O–H groups in total. The zero-order valence-electron chi connectivity index (χ0n) is 7.75. The summed E-state index contributed by atoms with van der Waals surface area (Å²) in [5.41, 5.74) is 0.399. The number of halogens is 1. The molecule has 5 heteroatoms. The van der Waals surface area contributed by atoms with E-state index in [-0.39, 0.29) is 12.3 Å². The van der Waals surface area contributed by atoms with Crippen molar-refractivity contribution in [2.45, 2.75) is 0 Å². The Bertz CT molecular complexity index is 358. The number of aryl methyl sites for hydroxylation is 1. The van der Waals surface area contributed by atoms with E-state index in [1.807, 2.05) is 0 Å². The summed E-state index contributed by atoms with van der Waals surface area (Å²) in [6.07, 6.45) is 6.47. The van der Waals surface area contributed by atoms with Crippen LogP contribution in [0.15, 0.2) is 6.20 Å². The zero-order valence-corrected chi connectivity index (χ0v) is 8.51. The topological polar surface area (TPSA) is 46.9 Å². The first-order valence-corrected chi connectivity index (χ1v) is 4.39. The van der Waals surface area contributed by atoms with Gasteiger partial charge in [0.1, 0.15) is 5.69 Å². The Kier molecular flexibility index (Phi) is 3.69. The number of hydrogen-bond donors (Lipinski definition) is 1. The number of nitrogens with zero attached hydrogens (tertiary/aromatic N) is 2. The Balaban J connectivity index is 2.66. The summed E-state index contributed by atoms with van der Waals surface area (Å²) in [7, 11) is 1.67. The van der Waals surface area contributed by atoms with E-state index in [1.165, 1.54) is 10.9 Å². The summed E-state index contributed by atoms with van der Waals surface area (Å²) in [4.78, 5) is 11.5. The Morgan fingerprint density at radius 1 is 1.86 bits per heavy atom. The highest BCUT2D eigenvalue weighted by molar-refractivity contribution is 6.33. The van der Waals surface area contributed by atoms with Gasteiger partial charge in [-0.1, -0.05) is 17.5 Å². The van der Waals surface area contributed by atoms with Gasteiger partial charge in [-0.25, -0.2) is 0 Å². The number of hydrogen-bond acceptors (Lipinski definition) is 3. The number of carbonyl (C=O) groups is 1. The van der Waals surface area contributed by atoms with Gasteiger partial charge in [0.05, 0.1) is 24.3 Å². The van der Waals surface area contributed by atoms with E-state index in [1.54, 1.807) is 7.05 Å². The van der Waals surface area contributed by atoms with Crippen molar-refractivity contribution in [2.75, 3.05) is 13.1 Å². The van der Waals surface area contributed by atoms with Crippen LogP contribution in [0.4, 0.5) is 0 Å². The lowest BCUT2D eigenvalue weighted by Gasteiger charge is -2.01. The predicted molar refractivity (Wildman–Crippen MR) is 54.3 cm³/mol. The van der Waals surface area contributed by atoms with Crippen molar-refractivity contribution in [2.24, 2.45) is 7.05 Å². The summed E-state index contributed by atoms with van der Waals surface area (Å²) in [5, 5.41) is 7.01. The van der Waals surface area contributed by atoms with E-state index in [2.05, 4.69) is 16.3 Å². The van der Waals surface area contributed by atoms with E-state index >= 15 is 0 Å². The molecule has 0 atom stereocenters. The van der Waals surface area contributed by atoms with Gasteiger partial charge in [0.2, 0.25) is 0 Å². The van der Waals surface area contributed by atoms with Crippen LogP contribution in [0.2, 0.25) is 5.02 Å². The first-order chi connectivity index (χ1) is 6.66. The number of ketones is 1. The molecule has 74 valence electrons. The molecule has 0 aliphatic rings. The largest absolute Gasteiger partial charge is 0.299 e. The van der Waals surface area contributed by atoms with Crippen LogP contribution in [0.3, 0.4) is 0 Å². The Morgan fingerprint density at radius 2 is 2.57 bits per heavy atom. The van der Waals surface area contributed by atoms with E-state index in [0.717, 1.165) is 0 Å². The minimum Gasteiger partial charge on any atom is -0.299 e. The summed E-state index contributed by atoms with van der Waals surface area (Å²) in [6, 6.07) is 0. The predicted octanol–water partition coefficient (Wildman–Crippen LogP) is 0.479. The molecule has 0 spiro atoms. The van der Waals surface area contributed by atoms with Gasteiger partial charge in [0, 0.05) is 7.05 Å². The third-order valence-electron chi connectivity index (χ3n) is 1.67. The van der Waals surface area contributed by atoms with Crippen LogP contribution in [0.5, 0.6) is 0 Å². The van der Waals surface area contributed by atoms with Crippen molar-refractivity contribution in [1.29, 1.82) is 0 Å². The van der Waals surface area contributed by atoms with Crippen LogP contribution < -0.4 is 5.32 Å². The number of terminal acetylenes is 1. The van der Waals surface area contributed by atoms with Crippen LogP contribution >= 0.6 is 11.6 Å². The molecule has 0 radical (unpaired) electrons. The van der Waals surface area contributed by atoms with E-state index < -0.39 is 0 Å². The van der Waals surface area contributed by atoms with Gasteiger partial charge >= 0.3 is 0 Å². The van der Waals surface area contributed by atoms with Crippen molar-refractivity contribution >= 4 is 17.4 Å². The summed E-state index contributed by atoms with van der Waals surface area (Å²) in [5.74, 6) is 2.26. The van der Waals surface area contributed by atoms with E-state index in [0.29, 0.717) is 17.3 Å². The fourth-order valence-corrected chi connectivity index (χ4v) is 1.33. The van der Waals surface area contributed by atoms with Crippen molar-refractivity contribution in [3.05, 3.63) is 16.9 Å². The SMILES string of the molecule is C#CCNCC(=O)c1c(Cl)cnn1C. The minimum absolute atomic E-state index is 0.120. The maximum absolute atomic E-state index is 11.5. The molecule has 4 nitrogen and oxygen atoms in total. The molecular formula is C9H10ClN3O. The lowest BCUT2D eigenvalue weighted by atomic mass is 10.3. The van der Waals surface area contributed by atoms with Gasteiger partial charge in [0.15, 0.2) is 5.78 Å².